The highest BCUT2D eigenvalue weighted by Gasteiger charge is 2.20. The highest BCUT2D eigenvalue weighted by atomic mass is 16.5. The number of likely N-dealkylation sites (tertiary alicyclic amines) is 1. The lowest BCUT2D eigenvalue weighted by molar-refractivity contribution is -0.138. The van der Waals surface area contributed by atoms with Crippen LogP contribution in [0.1, 0.15) is 18.5 Å². The number of nitrogens with zero attached hydrogens (tertiary/aromatic N) is 4. The predicted octanol–water partition coefficient (Wildman–Crippen LogP) is -0.652. The van der Waals surface area contributed by atoms with Crippen LogP contribution in [0.4, 0.5) is 0 Å². The fourth-order valence-electron chi connectivity index (χ4n) is 2.34. The molecule has 0 atom stereocenters. The van der Waals surface area contributed by atoms with Gasteiger partial charge in [-0.3, -0.25) is 9.48 Å². The van der Waals surface area contributed by atoms with Crippen molar-refractivity contribution in [2.45, 2.75) is 25.6 Å². The van der Waals surface area contributed by atoms with Crippen molar-refractivity contribution in [3.8, 4) is 0 Å². The normalized spacial score (nSPS) is 15.8. The van der Waals surface area contributed by atoms with Gasteiger partial charge >= 0.3 is 0 Å². The van der Waals surface area contributed by atoms with Gasteiger partial charge in [0.2, 0.25) is 5.91 Å². The van der Waals surface area contributed by atoms with E-state index in [1.165, 1.54) is 0 Å². The number of aryl methyl sites for hydroxylation is 1. The lowest BCUT2D eigenvalue weighted by Gasteiger charge is -2.29. The fourth-order valence-corrected chi connectivity index (χ4v) is 2.34. The number of amides is 1. The largest absolute Gasteiger partial charge is 0.393 e. The van der Waals surface area contributed by atoms with E-state index in [-0.39, 0.29) is 18.6 Å². The molecular weight excluding hydrogens is 316 g/mol. The van der Waals surface area contributed by atoms with Crippen molar-refractivity contribution in [1.82, 2.24) is 19.9 Å². The number of ether oxygens (including phenoxy) is 3. The van der Waals surface area contributed by atoms with Gasteiger partial charge < -0.3 is 24.2 Å². The molecule has 0 aliphatic carbocycles. The Morgan fingerprint density at radius 1 is 1.21 bits per heavy atom. The van der Waals surface area contributed by atoms with Crippen molar-refractivity contribution in [1.29, 1.82) is 0 Å². The molecule has 1 N–H and O–H groups in total. The molecule has 0 unspecified atom stereocenters. The summed E-state index contributed by atoms with van der Waals surface area (Å²) in [7, 11) is 1.80. The fraction of sp³-hybridized carbons (Fsp3) is 0.800. The maximum atomic E-state index is 11.9. The second-order valence-electron chi connectivity index (χ2n) is 5.71. The second-order valence-corrected chi connectivity index (χ2v) is 5.71. The number of carbonyl (C=O) groups is 1. The van der Waals surface area contributed by atoms with Crippen LogP contribution in [0.25, 0.3) is 0 Å². The smallest absolute Gasteiger partial charge is 0.248 e. The third kappa shape index (κ3) is 6.91. The van der Waals surface area contributed by atoms with Crippen molar-refractivity contribution in [2.24, 2.45) is 7.05 Å². The zero-order valence-electron chi connectivity index (χ0n) is 14.1. The van der Waals surface area contributed by atoms with E-state index < -0.39 is 0 Å². The van der Waals surface area contributed by atoms with E-state index in [4.69, 9.17) is 14.2 Å². The first-order valence-corrected chi connectivity index (χ1v) is 8.19. The van der Waals surface area contributed by atoms with Crippen molar-refractivity contribution in [2.75, 3.05) is 46.1 Å². The number of hydrogen-bond acceptors (Lipinski definition) is 7. The van der Waals surface area contributed by atoms with Crippen LogP contribution in [0, 0.1) is 0 Å². The number of aliphatic hydroxyl groups excluding tert-OH is 1. The lowest BCUT2D eigenvalue weighted by Crippen LogP contribution is -2.41. The Balaban J connectivity index is 1.39. The number of hydrogen-bond donors (Lipinski definition) is 1. The van der Waals surface area contributed by atoms with Gasteiger partial charge in [-0.25, -0.2) is 0 Å². The molecule has 136 valence electrons. The summed E-state index contributed by atoms with van der Waals surface area (Å²) in [6.45, 7) is 3.38. The van der Waals surface area contributed by atoms with Crippen LogP contribution < -0.4 is 0 Å². The summed E-state index contributed by atoms with van der Waals surface area (Å²) >= 11 is 0. The minimum atomic E-state index is -0.278. The molecule has 0 spiro atoms. The summed E-state index contributed by atoms with van der Waals surface area (Å²) in [5.74, 6) is -0.0331. The molecule has 1 aromatic heterocycles. The van der Waals surface area contributed by atoms with E-state index in [2.05, 4.69) is 10.3 Å². The van der Waals surface area contributed by atoms with E-state index >= 15 is 0 Å². The SMILES string of the molecule is Cn1cc(COCCOCCOCC(=O)N2CCC(O)CC2)nn1. The first kappa shape index (κ1) is 18.8. The summed E-state index contributed by atoms with van der Waals surface area (Å²) in [4.78, 5) is 13.6. The van der Waals surface area contributed by atoms with Crippen LogP contribution >= 0.6 is 0 Å². The Bertz CT molecular complexity index is 488. The van der Waals surface area contributed by atoms with Gasteiger partial charge in [-0.05, 0) is 12.8 Å². The molecule has 0 bridgehead atoms. The summed E-state index contributed by atoms with van der Waals surface area (Å²) in [5.41, 5.74) is 0.782. The molecule has 0 radical (unpaired) electrons. The molecule has 2 rings (SSSR count). The maximum Gasteiger partial charge on any atom is 0.248 e. The van der Waals surface area contributed by atoms with E-state index in [1.807, 2.05) is 0 Å². The molecule has 9 nitrogen and oxygen atoms in total. The number of piperidine rings is 1. The first-order valence-electron chi connectivity index (χ1n) is 8.19. The molecule has 1 aliphatic rings. The van der Waals surface area contributed by atoms with E-state index in [1.54, 1.807) is 22.8 Å². The van der Waals surface area contributed by atoms with Crippen LogP contribution in [-0.2, 0) is 32.7 Å². The summed E-state index contributed by atoms with van der Waals surface area (Å²) in [6.07, 6.45) is 2.81. The highest BCUT2D eigenvalue weighted by molar-refractivity contribution is 5.77. The molecule has 1 saturated heterocycles. The summed E-state index contributed by atoms with van der Waals surface area (Å²) in [6, 6.07) is 0. The van der Waals surface area contributed by atoms with Gasteiger partial charge in [0.25, 0.3) is 0 Å². The van der Waals surface area contributed by atoms with Gasteiger partial charge in [-0.15, -0.1) is 5.10 Å². The van der Waals surface area contributed by atoms with Gasteiger partial charge in [0.15, 0.2) is 0 Å². The van der Waals surface area contributed by atoms with Crippen molar-refractivity contribution >= 4 is 5.91 Å². The lowest BCUT2D eigenvalue weighted by atomic mass is 10.1. The predicted molar refractivity (Wildman–Crippen MR) is 84.1 cm³/mol. The monoisotopic (exact) mass is 342 g/mol. The summed E-state index contributed by atoms with van der Waals surface area (Å²) < 4.78 is 17.7. The molecular formula is C15H26N4O5. The molecule has 9 heteroatoms. The van der Waals surface area contributed by atoms with Gasteiger partial charge in [0, 0.05) is 20.1 Å². The van der Waals surface area contributed by atoms with E-state index in [0.717, 1.165) is 5.69 Å². The number of aromatic nitrogens is 3. The number of aliphatic hydroxyl groups is 1. The van der Waals surface area contributed by atoms with Crippen molar-refractivity contribution in [3.63, 3.8) is 0 Å². The molecule has 1 aliphatic heterocycles. The molecule has 0 aromatic carbocycles. The minimum Gasteiger partial charge on any atom is -0.393 e. The Hall–Kier alpha value is -1.55. The van der Waals surface area contributed by atoms with Crippen molar-refractivity contribution < 1.29 is 24.1 Å². The Morgan fingerprint density at radius 3 is 2.54 bits per heavy atom. The van der Waals surface area contributed by atoms with Gasteiger partial charge in [0.1, 0.15) is 12.3 Å². The quantitative estimate of drug-likeness (QED) is 0.564. The van der Waals surface area contributed by atoms with Crippen LogP contribution in [0.5, 0.6) is 0 Å². The van der Waals surface area contributed by atoms with Crippen LogP contribution in [0.2, 0.25) is 0 Å². The Morgan fingerprint density at radius 2 is 1.88 bits per heavy atom. The second kappa shape index (κ2) is 10.3. The topological polar surface area (TPSA) is 98.9 Å². The van der Waals surface area contributed by atoms with E-state index in [9.17, 15) is 9.90 Å². The van der Waals surface area contributed by atoms with Crippen LogP contribution in [-0.4, -0.2) is 83.1 Å². The average molecular weight is 342 g/mol. The van der Waals surface area contributed by atoms with Crippen molar-refractivity contribution in [3.05, 3.63) is 11.9 Å². The summed E-state index contributed by atoms with van der Waals surface area (Å²) in [5, 5.41) is 17.1. The first-order chi connectivity index (χ1) is 11.6. The van der Waals surface area contributed by atoms with Gasteiger partial charge in [-0.2, -0.15) is 0 Å². The number of rotatable bonds is 10. The average Bonchev–Trinajstić information content (AvgIpc) is 2.99. The third-order valence-electron chi connectivity index (χ3n) is 3.69. The Labute approximate surface area is 141 Å². The molecule has 0 saturated carbocycles. The van der Waals surface area contributed by atoms with E-state index in [0.29, 0.717) is 59.0 Å². The standard InChI is InChI=1S/C15H26N4O5/c1-18-10-13(16-17-18)11-23-8-6-22-7-9-24-12-15(21)19-4-2-14(20)3-5-19/h10,14,20H,2-9,11-12H2,1H3. The van der Waals surface area contributed by atoms with Gasteiger partial charge in [0.05, 0.1) is 45.3 Å². The molecule has 24 heavy (non-hydrogen) atoms. The third-order valence-corrected chi connectivity index (χ3v) is 3.69. The molecule has 1 fully saturated rings. The van der Waals surface area contributed by atoms with Gasteiger partial charge in [-0.1, -0.05) is 5.21 Å². The zero-order valence-corrected chi connectivity index (χ0v) is 14.1. The molecule has 1 aromatic rings. The highest BCUT2D eigenvalue weighted by Crippen LogP contribution is 2.09. The zero-order chi connectivity index (χ0) is 17.2. The minimum absolute atomic E-state index is 0.0331. The Kier molecular flexibility index (Phi) is 8.10. The van der Waals surface area contributed by atoms with Crippen LogP contribution in [0.15, 0.2) is 6.20 Å². The van der Waals surface area contributed by atoms with Crippen LogP contribution in [0.3, 0.4) is 0 Å². The molecule has 2 heterocycles. The number of carbonyl (C=O) groups excluding carboxylic acids is 1. The maximum absolute atomic E-state index is 11.9. The molecule has 1 amide bonds.